The Morgan fingerprint density at radius 3 is 2.56 bits per heavy atom. The van der Waals surface area contributed by atoms with Crippen LogP contribution in [0, 0.1) is 0 Å². The molecule has 176 valence electrons. The van der Waals surface area contributed by atoms with Crippen molar-refractivity contribution in [2.45, 2.75) is 30.5 Å². The number of halogens is 4. The molecule has 2 aromatic heterocycles. The van der Waals surface area contributed by atoms with E-state index >= 15 is 0 Å². The second kappa shape index (κ2) is 8.62. The van der Waals surface area contributed by atoms with Crippen molar-refractivity contribution in [2.75, 3.05) is 29.6 Å². The zero-order chi connectivity index (χ0) is 23.1. The number of sulfonamides is 1. The Morgan fingerprint density at radius 1 is 1.22 bits per heavy atom. The molecule has 0 bridgehead atoms. The van der Waals surface area contributed by atoms with Gasteiger partial charge in [-0.15, -0.1) is 0 Å². The number of alkyl halides is 3. The number of fused-ring (bicyclic) bond motifs is 1. The molecule has 4 rings (SSSR count). The van der Waals surface area contributed by atoms with Crippen molar-refractivity contribution in [1.29, 1.82) is 0 Å². The summed E-state index contributed by atoms with van der Waals surface area (Å²) in [7, 11) is -2.83. The van der Waals surface area contributed by atoms with E-state index in [4.69, 9.17) is 21.1 Å². The highest BCUT2D eigenvalue weighted by molar-refractivity contribution is 7.89. The number of hydrogen-bond donors (Lipinski definition) is 3. The SMILES string of the molecule is Cn1cc(Nc2ncc(Cl)c(NC3COC4C(NS(=O)(=O)CC(F)(F)F)COC34)n2)cn1. The first-order valence-corrected chi connectivity index (χ1v) is 11.4. The topological polar surface area (TPSA) is 132 Å². The average molecular weight is 498 g/mol. The lowest BCUT2D eigenvalue weighted by Crippen LogP contribution is -2.47. The molecule has 4 heterocycles. The molecule has 2 saturated heterocycles. The average Bonchev–Trinajstić information content (AvgIpc) is 3.35. The highest BCUT2D eigenvalue weighted by Gasteiger charge is 2.50. The largest absolute Gasteiger partial charge is 0.404 e. The lowest BCUT2D eigenvalue weighted by atomic mass is 10.1. The van der Waals surface area contributed by atoms with Crippen LogP contribution in [0.25, 0.3) is 0 Å². The molecule has 2 fully saturated rings. The van der Waals surface area contributed by atoms with Gasteiger partial charge in [-0.1, -0.05) is 11.6 Å². The van der Waals surface area contributed by atoms with Crippen LogP contribution in [0.1, 0.15) is 0 Å². The molecule has 0 amide bonds. The summed E-state index contributed by atoms with van der Waals surface area (Å²) in [5, 5.41) is 10.3. The second-order valence-electron chi connectivity index (χ2n) is 7.36. The molecule has 32 heavy (non-hydrogen) atoms. The Morgan fingerprint density at radius 2 is 1.91 bits per heavy atom. The molecule has 4 unspecified atom stereocenters. The van der Waals surface area contributed by atoms with Gasteiger partial charge in [0.15, 0.2) is 11.6 Å². The molecule has 3 N–H and O–H groups in total. The molecule has 0 aromatic carbocycles. The van der Waals surface area contributed by atoms with Crippen molar-refractivity contribution in [3.05, 3.63) is 23.6 Å². The van der Waals surface area contributed by atoms with Gasteiger partial charge in [0.05, 0.1) is 43.4 Å². The monoisotopic (exact) mass is 497 g/mol. The maximum Gasteiger partial charge on any atom is 0.404 e. The van der Waals surface area contributed by atoms with Crippen LogP contribution in [0.3, 0.4) is 0 Å². The van der Waals surface area contributed by atoms with Gasteiger partial charge in [-0.05, 0) is 0 Å². The molecule has 11 nitrogen and oxygen atoms in total. The highest BCUT2D eigenvalue weighted by Crippen LogP contribution is 2.31. The van der Waals surface area contributed by atoms with Crippen LogP contribution in [0.5, 0.6) is 0 Å². The predicted octanol–water partition coefficient (Wildman–Crippen LogP) is 1.04. The van der Waals surface area contributed by atoms with Crippen molar-refractivity contribution >= 4 is 39.1 Å². The Kier molecular flexibility index (Phi) is 6.19. The summed E-state index contributed by atoms with van der Waals surface area (Å²) in [4.78, 5) is 8.43. The van der Waals surface area contributed by atoms with Crippen molar-refractivity contribution in [1.82, 2.24) is 24.5 Å². The fraction of sp³-hybridized carbons (Fsp3) is 0.562. The van der Waals surface area contributed by atoms with Crippen molar-refractivity contribution in [3.8, 4) is 0 Å². The zero-order valence-corrected chi connectivity index (χ0v) is 18.1. The number of nitrogens with zero attached hydrogens (tertiary/aromatic N) is 4. The summed E-state index contributed by atoms with van der Waals surface area (Å²) in [5.41, 5.74) is 0.665. The van der Waals surface area contributed by atoms with Crippen molar-refractivity contribution < 1.29 is 31.1 Å². The third kappa shape index (κ3) is 5.40. The van der Waals surface area contributed by atoms with Gasteiger partial charge in [-0.25, -0.2) is 18.1 Å². The van der Waals surface area contributed by atoms with Gasteiger partial charge in [-0.3, -0.25) is 4.68 Å². The van der Waals surface area contributed by atoms with E-state index in [1.165, 1.54) is 6.20 Å². The van der Waals surface area contributed by atoms with Crippen LogP contribution < -0.4 is 15.4 Å². The van der Waals surface area contributed by atoms with Crippen LogP contribution in [0.4, 0.5) is 30.6 Å². The molecule has 2 aliphatic rings. The summed E-state index contributed by atoms with van der Waals surface area (Å²) in [6.45, 7) is -0.0194. The molecule has 16 heteroatoms. The predicted molar refractivity (Wildman–Crippen MR) is 107 cm³/mol. The maximum atomic E-state index is 12.5. The number of hydrogen-bond acceptors (Lipinski definition) is 9. The van der Waals surface area contributed by atoms with E-state index in [1.54, 1.807) is 24.1 Å². The molecule has 4 atom stereocenters. The first-order valence-electron chi connectivity index (χ1n) is 9.34. The fourth-order valence-electron chi connectivity index (χ4n) is 3.53. The lowest BCUT2D eigenvalue weighted by molar-refractivity contribution is -0.106. The highest BCUT2D eigenvalue weighted by atomic mass is 35.5. The van der Waals surface area contributed by atoms with Crippen LogP contribution in [-0.2, 0) is 26.5 Å². The summed E-state index contributed by atoms with van der Waals surface area (Å²) in [6.07, 6.45) is -1.51. The van der Waals surface area contributed by atoms with Crippen LogP contribution >= 0.6 is 11.6 Å². The van der Waals surface area contributed by atoms with Gasteiger partial charge in [0, 0.05) is 13.2 Å². The van der Waals surface area contributed by atoms with E-state index < -0.39 is 46.2 Å². The summed E-state index contributed by atoms with van der Waals surface area (Å²) < 4.78 is 75.9. The summed E-state index contributed by atoms with van der Waals surface area (Å²) in [6, 6.07) is -1.40. The molecular weight excluding hydrogens is 479 g/mol. The van der Waals surface area contributed by atoms with Crippen LogP contribution in [0.15, 0.2) is 18.6 Å². The minimum Gasteiger partial charge on any atom is -0.371 e. The van der Waals surface area contributed by atoms with Crippen LogP contribution in [-0.4, -0.2) is 77.6 Å². The number of rotatable bonds is 7. The number of nitrogens with one attached hydrogen (secondary N) is 3. The van der Waals surface area contributed by atoms with Gasteiger partial charge in [-0.2, -0.15) is 23.3 Å². The Labute approximate surface area is 185 Å². The number of anilines is 3. The Hall–Kier alpha value is -2.20. The van der Waals surface area contributed by atoms with E-state index in [1.807, 2.05) is 4.72 Å². The second-order valence-corrected chi connectivity index (χ2v) is 9.52. The molecule has 2 aromatic rings. The quantitative estimate of drug-likeness (QED) is 0.513. The van der Waals surface area contributed by atoms with E-state index in [-0.39, 0.29) is 30.0 Å². The maximum absolute atomic E-state index is 12.5. The normalized spacial score (nSPS) is 25.7. The molecule has 0 saturated carbocycles. The summed E-state index contributed by atoms with van der Waals surface area (Å²) >= 11 is 6.19. The minimum absolute atomic E-state index is 0.110. The van der Waals surface area contributed by atoms with Gasteiger partial charge < -0.3 is 20.1 Å². The van der Waals surface area contributed by atoms with E-state index in [0.717, 1.165) is 0 Å². The Balaban J connectivity index is 1.41. The van der Waals surface area contributed by atoms with E-state index in [2.05, 4.69) is 25.7 Å². The van der Waals surface area contributed by atoms with Crippen molar-refractivity contribution in [2.24, 2.45) is 7.05 Å². The summed E-state index contributed by atoms with van der Waals surface area (Å²) in [5.74, 6) is -1.43. The standard InChI is InChI=1S/C16H19ClF3N7O4S/c1-27-4-8(2-22-27)23-15-21-3-9(17)14(25-15)24-10-5-30-13-11(6-31-12(10)13)26-32(28,29)7-16(18,19)20/h2-4,10-13,26H,5-7H2,1H3,(H2,21,23,24,25). The van der Waals surface area contributed by atoms with E-state index in [9.17, 15) is 21.6 Å². The van der Waals surface area contributed by atoms with Gasteiger partial charge >= 0.3 is 6.18 Å². The van der Waals surface area contributed by atoms with Gasteiger partial charge in [0.25, 0.3) is 0 Å². The molecule has 0 aliphatic carbocycles. The number of ether oxygens (including phenoxy) is 2. The van der Waals surface area contributed by atoms with Gasteiger partial charge in [0.1, 0.15) is 17.2 Å². The van der Waals surface area contributed by atoms with Crippen LogP contribution in [0.2, 0.25) is 5.02 Å². The molecule has 0 radical (unpaired) electrons. The smallest absolute Gasteiger partial charge is 0.371 e. The van der Waals surface area contributed by atoms with E-state index in [0.29, 0.717) is 5.69 Å². The molecule has 2 aliphatic heterocycles. The lowest BCUT2D eigenvalue weighted by Gasteiger charge is -2.19. The minimum atomic E-state index is -4.85. The molecule has 0 spiro atoms. The molecular formula is C16H19ClF3N7O4S. The first kappa shape index (κ1) is 23.0. The number of aromatic nitrogens is 4. The fourth-order valence-corrected chi connectivity index (χ4v) is 4.85. The Bertz CT molecular complexity index is 1080. The number of aryl methyl sites for hydroxylation is 1. The first-order chi connectivity index (χ1) is 15.0. The zero-order valence-electron chi connectivity index (χ0n) is 16.5. The van der Waals surface area contributed by atoms with Crippen molar-refractivity contribution in [3.63, 3.8) is 0 Å². The third-order valence-electron chi connectivity index (χ3n) is 4.77. The third-order valence-corrected chi connectivity index (χ3v) is 6.41. The van der Waals surface area contributed by atoms with Gasteiger partial charge in [0.2, 0.25) is 16.0 Å².